The Morgan fingerprint density at radius 2 is 2.06 bits per heavy atom. The Morgan fingerprint density at radius 1 is 1.35 bits per heavy atom. The number of ether oxygens (including phenoxy) is 2. The number of para-hydroxylation sites is 1. The number of rotatable bonds is 2. The van der Waals surface area contributed by atoms with Crippen molar-refractivity contribution in [2.75, 3.05) is 6.61 Å². The molecular formula is C10H8F3NO3. The van der Waals surface area contributed by atoms with Gasteiger partial charge in [0.15, 0.2) is 0 Å². The molecule has 1 amide bonds. The van der Waals surface area contributed by atoms with E-state index in [4.69, 9.17) is 0 Å². The molecule has 1 aromatic rings. The zero-order valence-electron chi connectivity index (χ0n) is 8.45. The number of benzene rings is 1. The van der Waals surface area contributed by atoms with Crippen LogP contribution >= 0.6 is 0 Å². The highest BCUT2D eigenvalue weighted by molar-refractivity contribution is 5.70. The van der Waals surface area contributed by atoms with Crippen molar-refractivity contribution in [1.82, 2.24) is 5.32 Å². The first-order valence-corrected chi connectivity index (χ1v) is 4.74. The topological polar surface area (TPSA) is 47.6 Å². The number of cyclic esters (lactones) is 1. The van der Waals surface area contributed by atoms with E-state index in [9.17, 15) is 18.0 Å². The predicted octanol–water partition coefficient (Wildman–Crippen LogP) is 2.37. The zero-order valence-corrected chi connectivity index (χ0v) is 8.45. The normalized spacial score (nSPS) is 19.7. The van der Waals surface area contributed by atoms with Gasteiger partial charge in [-0.25, -0.2) is 4.79 Å². The van der Waals surface area contributed by atoms with Crippen molar-refractivity contribution in [1.29, 1.82) is 0 Å². The third kappa shape index (κ3) is 2.80. The van der Waals surface area contributed by atoms with Gasteiger partial charge in [0.05, 0.1) is 6.04 Å². The maximum Gasteiger partial charge on any atom is 0.573 e. The van der Waals surface area contributed by atoms with Gasteiger partial charge in [-0.2, -0.15) is 0 Å². The molecule has 0 bridgehead atoms. The molecule has 0 aliphatic carbocycles. The third-order valence-electron chi connectivity index (χ3n) is 2.19. The second-order valence-electron chi connectivity index (χ2n) is 3.38. The molecule has 0 aromatic heterocycles. The minimum atomic E-state index is -4.76. The Balaban J connectivity index is 2.24. The number of carbonyl (C=O) groups is 1. The average molecular weight is 247 g/mol. The number of alkyl carbamates (subject to hydrolysis) is 1. The van der Waals surface area contributed by atoms with Crippen LogP contribution in [-0.4, -0.2) is 19.1 Å². The maximum absolute atomic E-state index is 12.1. The van der Waals surface area contributed by atoms with E-state index in [0.29, 0.717) is 0 Å². The second-order valence-corrected chi connectivity index (χ2v) is 3.38. The monoisotopic (exact) mass is 247 g/mol. The lowest BCUT2D eigenvalue weighted by atomic mass is 10.1. The van der Waals surface area contributed by atoms with Crippen LogP contribution in [0.1, 0.15) is 11.6 Å². The molecule has 0 saturated carbocycles. The molecule has 1 aliphatic rings. The number of alkyl halides is 3. The fourth-order valence-electron chi connectivity index (χ4n) is 1.54. The van der Waals surface area contributed by atoms with Crippen LogP contribution in [-0.2, 0) is 4.74 Å². The van der Waals surface area contributed by atoms with Gasteiger partial charge >= 0.3 is 12.5 Å². The Morgan fingerprint density at radius 3 is 2.65 bits per heavy atom. The fourth-order valence-corrected chi connectivity index (χ4v) is 1.54. The molecule has 1 aliphatic heterocycles. The molecule has 1 heterocycles. The first-order chi connectivity index (χ1) is 7.96. The van der Waals surface area contributed by atoms with E-state index in [1.54, 1.807) is 6.07 Å². The summed E-state index contributed by atoms with van der Waals surface area (Å²) in [6, 6.07) is 4.99. The van der Waals surface area contributed by atoms with Crippen LogP contribution in [0.4, 0.5) is 18.0 Å². The molecule has 1 atom stereocenters. The van der Waals surface area contributed by atoms with E-state index in [2.05, 4.69) is 14.8 Å². The first kappa shape index (κ1) is 11.6. The molecule has 4 nitrogen and oxygen atoms in total. The van der Waals surface area contributed by atoms with Gasteiger partial charge in [0, 0.05) is 5.56 Å². The molecule has 0 unspecified atom stereocenters. The lowest BCUT2D eigenvalue weighted by Crippen LogP contribution is -2.22. The summed E-state index contributed by atoms with van der Waals surface area (Å²) in [7, 11) is 0. The number of hydrogen-bond acceptors (Lipinski definition) is 3. The summed E-state index contributed by atoms with van der Waals surface area (Å²) in [5, 5.41) is 2.39. The number of amides is 1. The molecule has 1 aromatic carbocycles. The molecule has 92 valence electrons. The highest BCUT2D eigenvalue weighted by Gasteiger charge is 2.34. The minimum Gasteiger partial charge on any atom is -0.447 e. The molecule has 7 heteroatoms. The quantitative estimate of drug-likeness (QED) is 0.872. The Kier molecular flexibility index (Phi) is 2.83. The standard InChI is InChI=1S/C10H8F3NO3/c11-10(12,13)17-8-4-2-1-3-6(8)7-5-16-9(15)14-7/h1-4,7H,5H2,(H,14,15)/t7-/m1/s1. The van der Waals surface area contributed by atoms with Crippen molar-refractivity contribution in [2.45, 2.75) is 12.4 Å². The maximum atomic E-state index is 12.1. The van der Waals surface area contributed by atoms with Gasteiger partial charge in [0.25, 0.3) is 0 Å². The van der Waals surface area contributed by atoms with E-state index in [0.717, 1.165) is 0 Å². The van der Waals surface area contributed by atoms with Crippen LogP contribution < -0.4 is 10.1 Å². The van der Waals surface area contributed by atoms with Crippen LogP contribution in [0, 0.1) is 0 Å². The molecule has 0 radical (unpaired) electrons. The molecule has 17 heavy (non-hydrogen) atoms. The Labute approximate surface area is 94.3 Å². The van der Waals surface area contributed by atoms with Gasteiger partial charge in [-0.15, -0.1) is 13.2 Å². The molecular weight excluding hydrogens is 239 g/mol. The number of hydrogen-bond donors (Lipinski definition) is 1. The molecule has 0 spiro atoms. The SMILES string of the molecule is O=C1N[C@@H](c2ccccc2OC(F)(F)F)CO1. The Bertz CT molecular complexity index is 433. The first-order valence-electron chi connectivity index (χ1n) is 4.74. The summed E-state index contributed by atoms with van der Waals surface area (Å²) in [6.07, 6.45) is -5.42. The highest BCUT2D eigenvalue weighted by Crippen LogP contribution is 2.31. The van der Waals surface area contributed by atoms with Gasteiger partial charge in [-0.3, -0.25) is 0 Å². The highest BCUT2D eigenvalue weighted by atomic mass is 19.4. The summed E-state index contributed by atoms with van der Waals surface area (Å²) < 4.78 is 44.9. The fraction of sp³-hybridized carbons (Fsp3) is 0.300. The lowest BCUT2D eigenvalue weighted by molar-refractivity contribution is -0.275. The molecule has 1 N–H and O–H groups in total. The summed E-state index contributed by atoms with van der Waals surface area (Å²) in [5.74, 6) is -0.337. The Hall–Kier alpha value is -1.92. The van der Waals surface area contributed by atoms with E-state index < -0.39 is 18.5 Å². The van der Waals surface area contributed by atoms with Crippen LogP contribution in [0.2, 0.25) is 0 Å². The summed E-state index contributed by atoms with van der Waals surface area (Å²) in [4.78, 5) is 10.8. The molecule has 2 rings (SSSR count). The summed E-state index contributed by atoms with van der Waals surface area (Å²) in [5.41, 5.74) is 0.232. The second kappa shape index (κ2) is 4.15. The van der Waals surface area contributed by atoms with Gasteiger partial charge in [-0.1, -0.05) is 18.2 Å². The number of halogens is 3. The average Bonchev–Trinajstić information content (AvgIpc) is 2.63. The number of carbonyl (C=O) groups excluding carboxylic acids is 1. The lowest BCUT2D eigenvalue weighted by Gasteiger charge is -2.15. The van der Waals surface area contributed by atoms with Gasteiger partial charge in [0.1, 0.15) is 12.4 Å². The van der Waals surface area contributed by atoms with Crippen LogP contribution in [0.15, 0.2) is 24.3 Å². The zero-order chi connectivity index (χ0) is 12.5. The van der Waals surface area contributed by atoms with E-state index in [1.807, 2.05) is 0 Å². The van der Waals surface area contributed by atoms with Crippen LogP contribution in [0.5, 0.6) is 5.75 Å². The predicted molar refractivity (Wildman–Crippen MR) is 50.3 cm³/mol. The smallest absolute Gasteiger partial charge is 0.447 e. The molecule has 1 saturated heterocycles. The van der Waals surface area contributed by atoms with Crippen molar-refractivity contribution < 1.29 is 27.4 Å². The van der Waals surface area contributed by atoms with E-state index >= 15 is 0 Å². The van der Waals surface area contributed by atoms with Gasteiger partial charge < -0.3 is 14.8 Å². The van der Waals surface area contributed by atoms with Gasteiger partial charge in [0.2, 0.25) is 0 Å². The summed E-state index contributed by atoms with van der Waals surface area (Å²) >= 11 is 0. The largest absolute Gasteiger partial charge is 0.573 e. The van der Waals surface area contributed by atoms with Crippen LogP contribution in [0.3, 0.4) is 0 Å². The summed E-state index contributed by atoms with van der Waals surface area (Å²) in [6.45, 7) is -0.0168. The van der Waals surface area contributed by atoms with Crippen molar-refractivity contribution in [2.24, 2.45) is 0 Å². The third-order valence-corrected chi connectivity index (χ3v) is 2.19. The minimum absolute atomic E-state index is 0.0168. The van der Waals surface area contributed by atoms with Crippen molar-refractivity contribution >= 4 is 6.09 Å². The van der Waals surface area contributed by atoms with Crippen molar-refractivity contribution in [3.63, 3.8) is 0 Å². The van der Waals surface area contributed by atoms with E-state index in [1.165, 1.54) is 18.2 Å². The van der Waals surface area contributed by atoms with E-state index in [-0.39, 0.29) is 17.9 Å². The van der Waals surface area contributed by atoms with Crippen molar-refractivity contribution in [3.05, 3.63) is 29.8 Å². The van der Waals surface area contributed by atoms with Crippen molar-refractivity contribution in [3.8, 4) is 5.75 Å². The van der Waals surface area contributed by atoms with Crippen LogP contribution in [0.25, 0.3) is 0 Å². The molecule has 1 fully saturated rings. The van der Waals surface area contributed by atoms with Gasteiger partial charge in [-0.05, 0) is 6.07 Å². The number of nitrogens with one attached hydrogen (secondary N) is 1.